The van der Waals surface area contributed by atoms with Gasteiger partial charge in [0.15, 0.2) is 0 Å². The lowest BCUT2D eigenvalue weighted by Crippen LogP contribution is -2.29. The highest BCUT2D eigenvalue weighted by atomic mass is 15.3. The summed E-state index contributed by atoms with van der Waals surface area (Å²) in [6, 6.07) is 0.848. The minimum atomic E-state index is 0.405. The molecule has 1 atom stereocenters. The molecule has 0 unspecified atom stereocenters. The predicted octanol–water partition coefficient (Wildman–Crippen LogP) is 1.98. The van der Waals surface area contributed by atoms with Crippen molar-refractivity contribution in [1.29, 1.82) is 0 Å². The summed E-state index contributed by atoms with van der Waals surface area (Å²) in [5, 5.41) is 12.0. The Morgan fingerprint density at radius 1 is 1.33 bits per heavy atom. The van der Waals surface area contributed by atoms with Gasteiger partial charge in [-0.2, -0.15) is 0 Å². The molecule has 0 radical (unpaired) electrons. The van der Waals surface area contributed by atoms with E-state index in [-0.39, 0.29) is 0 Å². The molecular formula is C11H20N4. The molecule has 0 bridgehead atoms. The van der Waals surface area contributed by atoms with Crippen LogP contribution in [0.2, 0.25) is 0 Å². The number of rotatable bonds is 2. The molecule has 4 nitrogen and oxygen atoms in total. The van der Waals surface area contributed by atoms with Crippen LogP contribution < -0.4 is 5.32 Å². The summed E-state index contributed by atoms with van der Waals surface area (Å²) in [7, 11) is 0. The predicted molar refractivity (Wildman–Crippen MR) is 59.7 cm³/mol. The molecule has 1 N–H and O–H groups in total. The first-order chi connectivity index (χ1) is 7.20. The van der Waals surface area contributed by atoms with E-state index in [1.165, 1.54) is 19.3 Å². The molecule has 0 aromatic carbocycles. The van der Waals surface area contributed by atoms with Crippen molar-refractivity contribution in [3.05, 3.63) is 11.6 Å². The van der Waals surface area contributed by atoms with Gasteiger partial charge in [0, 0.05) is 6.04 Å². The fourth-order valence-corrected chi connectivity index (χ4v) is 2.33. The average molecular weight is 208 g/mol. The van der Waals surface area contributed by atoms with Crippen LogP contribution in [0.1, 0.15) is 56.8 Å². The summed E-state index contributed by atoms with van der Waals surface area (Å²) in [5.74, 6) is 2.13. The Kier molecular flexibility index (Phi) is 3.05. The van der Waals surface area contributed by atoms with Crippen molar-refractivity contribution >= 4 is 0 Å². The van der Waals surface area contributed by atoms with Crippen LogP contribution in [-0.4, -0.2) is 21.3 Å². The highest BCUT2D eigenvalue weighted by Crippen LogP contribution is 2.24. The molecule has 1 aromatic heterocycles. The van der Waals surface area contributed by atoms with Crippen LogP contribution in [0.15, 0.2) is 0 Å². The Bertz CT molecular complexity index is 323. The molecule has 0 spiro atoms. The van der Waals surface area contributed by atoms with Crippen LogP contribution in [0.4, 0.5) is 0 Å². The van der Waals surface area contributed by atoms with Gasteiger partial charge in [0.2, 0.25) is 0 Å². The van der Waals surface area contributed by atoms with Crippen LogP contribution in [0, 0.1) is 6.92 Å². The molecule has 15 heavy (non-hydrogen) atoms. The Labute approximate surface area is 91.1 Å². The van der Waals surface area contributed by atoms with E-state index >= 15 is 0 Å². The van der Waals surface area contributed by atoms with Gasteiger partial charge < -0.3 is 9.88 Å². The van der Waals surface area contributed by atoms with E-state index in [9.17, 15) is 0 Å². The van der Waals surface area contributed by atoms with E-state index in [0.29, 0.717) is 12.1 Å². The van der Waals surface area contributed by atoms with Crippen molar-refractivity contribution in [2.45, 2.75) is 52.1 Å². The second-order valence-corrected chi connectivity index (χ2v) is 4.57. The van der Waals surface area contributed by atoms with Crippen LogP contribution >= 0.6 is 0 Å². The van der Waals surface area contributed by atoms with Crippen LogP contribution in [-0.2, 0) is 0 Å². The summed E-state index contributed by atoms with van der Waals surface area (Å²) in [4.78, 5) is 0. The van der Waals surface area contributed by atoms with E-state index in [4.69, 9.17) is 0 Å². The maximum atomic E-state index is 4.31. The maximum Gasteiger partial charge on any atom is 0.150 e. The number of nitrogens with one attached hydrogen (secondary N) is 1. The van der Waals surface area contributed by atoms with Crippen molar-refractivity contribution in [2.24, 2.45) is 0 Å². The lowest BCUT2D eigenvalue weighted by atomic mass is 10.0. The van der Waals surface area contributed by atoms with Gasteiger partial charge in [0.1, 0.15) is 11.6 Å². The number of piperidine rings is 1. The Hall–Kier alpha value is -0.900. The van der Waals surface area contributed by atoms with E-state index in [0.717, 1.165) is 18.2 Å². The monoisotopic (exact) mass is 208 g/mol. The third kappa shape index (κ3) is 2.04. The summed E-state index contributed by atoms with van der Waals surface area (Å²) >= 11 is 0. The van der Waals surface area contributed by atoms with Gasteiger partial charge in [-0.1, -0.05) is 6.42 Å². The largest absolute Gasteiger partial charge is 0.311 e. The van der Waals surface area contributed by atoms with Crippen LogP contribution in [0.25, 0.3) is 0 Å². The smallest absolute Gasteiger partial charge is 0.150 e. The Morgan fingerprint density at radius 2 is 2.13 bits per heavy atom. The SMILES string of the molecule is Cc1nnc([C@@H]2CCCCN2)n1C(C)C. The lowest BCUT2D eigenvalue weighted by molar-refractivity contribution is 0.376. The zero-order valence-corrected chi connectivity index (χ0v) is 9.82. The average Bonchev–Trinajstić information content (AvgIpc) is 2.61. The number of hydrogen-bond acceptors (Lipinski definition) is 3. The fraction of sp³-hybridized carbons (Fsp3) is 0.818. The van der Waals surface area contributed by atoms with Gasteiger partial charge in [-0.25, -0.2) is 0 Å². The molecule has 4 heteroatoms. The first kappa shape index (κ1) is 10.6. The molecule has 1 aliphatic rings. The highest BCUT2D eigenvalue weighted by molar-refractivity contribution is 5.02. The molecule has 84 valence electrons. The summed E-state index contributed by atoms with van der Waals surface area (Å²) < 4.78 is 2.24. The maximum absolute atomic E-state index is 4.31. The first-order valence-corrected chi connectivity index (χ1v) is 5.85. The number of nitrogens with zero attached hydrogens (tertiary/aromatic N) is 3. The number of hydrogen-bond donors (Lipinski definition) is 1. The number of aryl methyl sites for hydroxylation is 1. The molecule has 2 rings (SSSR count). The Morgan fingerprint density at radius 3 is 2.73 bits per heavy atom. The third-order valence-corrected chi connectivity index (χ3v) is 3.03. The minimum Gasteiger partial charge on any atom is -0.311 e. The topological polar surface area (TPSA) is 42.7 Å². The van der Waals surface area contributed by atoms with Crippen molar-refractivity contribution in [2.75, 3.05) is 6.54 Å². The van der Waals surface area contributed by atoms with Crippen molar-refractivity contribution in [3.8, 4) is 0 Å². The zero-order chi connectivity index (χ0) is 10.8. The van der Waals surface area contributed by atoms with E-state index < -0.39 is 0 Å². The van der Waals surface area contributed by atoms with Crippen molar-refractivity contribution in [3.63, 3.8) is 0 Å². The summed E-state index contributed by atoms with van der Waals surface area (Å²) in [6.45, 7) is 7.50. The molecule has 1 fully saturated rings. The number of aromatic nitrogens is 3. The van der Waals surface area contributed by atoms with E-state index in [1.54, 1.807) is 0 Å². The zero-order valence-electron chi connectivity index (χ0n) is 9.82. The third-order valence-electron chi connectivity index (χ3n) is 3.03. The van der Waals surface area contributed by atoms with Crippen LogP contribution in [0.3, 0.4) is 0 Å². The normalized spacial score (nSPS) is 22.3. The molecular weight excluding hydrogens is 188 g/mol. The molecule has 1 aliphatic heterocycles. The van der Waals surface area contributed by atoms with Gasteiger partial charge >= 0.3 is 0 Å². The first-order valence-electron chi connectivity index (χ1n) is 5.85. The highest BCUT2D eigenvalue weighted by Gasteiger charge is 2.22. The standard InChI is InChI=1S/C11H20N4/c1-8(2)15-9(3)13-14-11(15)10-6-4-5-7-12-10/h8,10,12H,4-7H2,1-3H3/t10-/m0/s1. The molecule has 0 saturated carbocycles. The van der Waals surface area contributed by atoms with Gasteiger partial charge in [-0.3, -0.25) is 0 Å². The van der Waals surface area contributed by atoms with Crippen LogP contribution in [0.5, 0.6) is 0 Å². The van der Waals surface area contributed by atoms with Gasteiger partial charge in [-0.15, -0.1) is 10.2 Å². The van der Waals surface area contributed by atoms with Gasteiger partial charge in [0.05, 0.1) is 6.04 Å². The van der Waals surface area contributed by atoms with Crippen molar-refractivity contribution < 1.29 is 0 Å². The summed E-state index contributed by atoms with van der Waals surface area (Å²) in [6.07, 6.45) is 3.76. The Balaban J connectivity index is 2.26. The molecule has 1 aromatic rings. The van der Waals surface area contributed by atoms with E-state index in [2.05, 4.69) is 33.9 Å². The minimum absolute atomic E-state index is 0.405. The summed E-state index contributed by atoms with van der Waals surface area (Å²) in [5.41, 5.74) is 0. The molecule has 2 heterocycles. The molecule has 0 amide bonds. The lowest BCUT2D eigenvalue weighted by Gasteiger charge is -2.24. The van der Waals surface area contributed by atoms with Gasteiger partial charge in [-0.05, 0) is 40.2 Å². The molecule has 1 saturated heterocycles. The van der Waals surface area contributed by atoms with Gasteiger partial charge in [0.25, 0.3) is 0 Å². The van der Waals surface area contributed by atoms with Crippen molar-refractivity contribution in [1.82, 2.24) is 20.1 Å². The van der Waals surface area contributed by atoms with E-state index in [1.807, 2.05) is 6.92 Å². The second-order valence-electron chi connectivity index (χ2n) is 4.57. The fourth-order valence-electron chi connectivity index (χ4n) is 2.33. The molecule has 0 aliphatic carbocycles. The quantitative estimate of drug-likeness (QED) is 0.808. The second kappa shape index (κ2) is 4.31.